The van der Waals surface area contributed by atoms with Gasteiger partial charge in [0.15, 0.2) is 0 Å². The molecule has 7 heteroatoms. The second-order valence-corrected chi connectivity index (χ2v) is 5.81. The van der Waals surface area contributed by atoms with Crippen molar-refractivity contribution in [3.05, 3.63) is 29.0 Å². The Hall–Kier alpha value is -1.24. The van der Waals surface area contributed by atoms with Crippen LogP contribution >= 0.6 is 23.8 Å². The van der Waals surface area contributed by atoms with Gasteiger partial charge in [0.2, 0.25) is 0 Å². The van der Waals surface area contributed by atoms with Crippen LogP contribution in [-0.2, 0) is 0 Å². The lowest BCUT2D eigenvalue weighted by Gasteiger charge is -2.31. The summed E-state index contributed by atoms with van der Waals surface area (Å²) >= 11 is 10.6. The third-order valence-corrected chi connectivity index (χ3v) is 3.61. The van der Waals surface area contributed by atoms with E-state index in [1.165, 1.54) is 6.20 Å². The highest BCUT2D eigenvalue weighted by Crippen LogP contribution is 2.11. The zero-order chi connectivity index (χ0) is 14.5. The summed E-state index contributed by atoms with van der Waals surface area (Å²) in [6.07, 6.45) is 3.26. The van der Waals surface area contributed by atoms with Crippen LogP contribution in [-0.4, -0.2) is 46.5 Å². The first kappa shape index (κ1) is 15.2. The highest BCUT2D eigenvalue weighted by molar-refractivity contribution is 7.80. The number of pyridine rings is 1. The summed E-state index contributed by atoms with van der Waals surface area (Å²) < 4.78 is 0. The van der Waals surface area contributed by atoms with Crippen LogP contribution in [0.1, 0.15) is 23.3 Å². The van der Waals surface area contributed by atoms with E-state index in [0.717, 1.165) is 25.9 Å². The number of hydrogen-bond acceptors (Lipinski definition) is 4. The van der Waals surface area contributed by atoms with Gasteiger partial charge < -0.3 is 11.1 Å². The van der Waals surface area contributed by atoms with E-state index in [1.54, 1.807) is 12.1 Å². The van der Waals surface area contributed by atoms with Gasteiger partial charge in [0.1, 0.15) is 5.69 Å². The Balaban J connectivity index is 1.82. The molecule has 20 heavy (non-hydrogen) atoms. The molecule has 1 fully saturated rings. The van der Waals surface area contributed by atoms with Gasteiger partial charge in [-0.2, -0.15) is 0 Å². The fourth-order valence-corrected chi connectivity index (χ4v) is 2.52. The Labute approximate surface area is 128 Å². The van der Waals surface area contributed by atoms with Crippen molar-refractivity contribution in [1.29, 1.82) is 0 Å². The predicted molar refractivity (Wildman–Crippen MR) is 83.0 cm³/mol. The van der Waals surface area contributed by atoms with Crippen LogP contribution in [0.2, 0.25) is 5.02 Å². The monoisotopic (exact) mass is 312 g/mol. The van der Waals surface area contributed by atoms with Gasteiger partial charge in [-0.3, -0.25) is 9.69 Å². The van der Waals surface area contributed by atoms with Crippen LogP contribution in [0.5, 0.6) is 0 Å². The van der Waals surface area contributed by atoms with Gasteiger partial charge in [0, 0.05) is 31.9 Å². The average molecular weight is 313 g/mol. The van der Waals surface area contributed by atoms with E-state index in [2.05, 4.69) is 15.2 Å². The molecule has 0 atom stereocenters. The molecular formula is C13H17ClN4OS. The third-order valence-electron chi connectivity index (χ3n) is 3.26. The molecule has 2 heterocycles. The van der Waals surface area contributed by atoms with E-state index < -0.39 is 0 Å². The van der Waals surface area contributed by atoms with Crippen molar-refractivity contribution >= 4 is 34.7 Å². The Morgan fingerprint density at radius 2 is 2.20 bits per heavy atom. The number of aromatic nitrogens is 1. The first-order valence-electron chi connectivity index (χ1n) is 6.47. The topological polar surface area (TPSA) is 71.2 Å². The third kappa shape index (κ3) is 4.40. The number of rotatable bonds is 4. The van der Waals surface area contributed by atoms with E-state index >= 15 is 0 Å². The lowest BCUT2D eigenvalue weighted by Crippen LogP contribution is -2.46. The molecule has 1 aliphatic rings. The number of nitrogens with one attached hydrogen (secondary N) is 1. The fourth-order valence-electron chi connectivity index (χ4n) is 2.23. The van der Waals surface area contributed by atoms with Crippen molar-refractivity contribution < 1.29 is 4.79 Å². The number of hydrogen-bond donors (Lipinski definition) is 2. The number of likely N-dealkylation sites (tertiary alicyclic amines) is 1. The number of piperidine rings is 1. The molecule has 1 saturated heterocycles. The minimum Gasteiger partial charge on any atom is -0.392 e. The van der Waals surface area contributed by atoms with Crippen molar-refractivity contribution in [2.75, 3.05) is 19.6 Å². The summed E-state index contributed by atoms with van der Waals surface area (Å²) in [4.78, 5) is 18.7. The molecule has 1 aromatic rings. The Kier molecular flexibility index (Phi) is 5.28. The Morgan fingerprint density at radius 3 is 2.75 bits per heavy atom. The molecule has 1 aromatic heterocycles. The maximum Gasteiger partial charge on any atom is 0.270 e. The first-order chi connectivity index (χ1) is 9.54. The van der Waals surface area contributed by atoms with E-state index in [4.69, 9.17) is 29.6 Å². The van der Waals surface area contributed by atoms with Crippen molar-refractivity contribution in [3.8, 4) is 0 Å². The number of amides is 1. The van der Waals surface area contributed by atoms with Gasteiger partial charge in [-0.1, -0.05) is 23.8 Å². The fraction of sp³-hybridized carbons (Fsp3) is 0.462. The molecule has 0 aromatic carbocycles. The van der Waals surface area contributed by atoms with Gasteiger partial charge in [-0.25, -0.2) is 4.98 Å². The number of halogens is 1. The minimum atomic E-state index is -0.158. The molecule has 5 nitrogen and oxygen atoms in total. The minimum absolute atomic E-state index is 0.158. The molecular weight excluding hydrogens is 296 g/mol. The van der Waals surface area contributed by atoms with Gasteiger partial charge >= 0.3 is 0 Å². The van der Waals surface area contributed by atoms with Crippen molar-refractivity contribution in [3.63, 3.8) is 0 Å². The van der Waals surface area contributed by atoms with Gasteiger partial charge in [-0.05, 0) is 25.0 Å². The molecule has 0 saturated carbocycles. The Bertz CT molecular complexity index is 486. The summed E-state index contributed by atoms with van der Waals surface area (Å²) in [5, 5.41) is 3.51. The maximum absolute atomic E-state index is 12.0. The summed E-state index contributed by atoms with van der Waals surface area (Å²) in [5.41, 5.74) is 5.92. The molecule has 3 N–H and O–H groups in total. The molecule has 108 valence electrons. The summed E-state index contributed by atoms with van der Waals surface area (Å²) in [7, 11) is 0. The second-order valence-electron chi connectivity index (χ2n) is 4.85. The maximum atomic E-state index is 12.0. The van der Waals surface area contributed by atoms with Crippen LogP contribution in [0.3, 0.4) is 0 Å². The predicted octanol–water partition coefficient (Wildman–Crippen LogP) is 1.22. The van der Waals surface area contributed by atoms with Gasteiger partial charge in [0.25, 0.3) is 5.91 Å². The molecule has 0 unspecified atom stereocenters. The second kappa shape index (κ2) is 6.97. The van der Waals surface area contributed by atoms with E-state index in [1.807, 2.05) is 0 Å². The molecule has 1 amide bonds. The zero-order valence-electron chi connectivity index (χ0n) is 11.0. The first-order valence-corrected chi connectivity index (χ1v) is 7.26. The van der Waals surface area contributed by atoms with Crippen molar-refractivity contribution in [2.45, 2.75) is 18.9 Å². The normalized spacial score (nSPS) is 16.9. The SMILES string of the molecule is NC(=S)CN1CCC(NC(=O)c2ccc(Cl)cn2)CC1. The molecule has 0 radical (unpaired) electrons. The Morgan fingerprint density at radius 1 is 1.50 bits per heavy atom. The smallest absolute Gasteiger partial charge is 0.270 e. The van der Waals surface area contributed by atoms with Gasteiger partial charge in [-0.15, -0.1) is 0 Å². The van der Waals surface area contributed by atoms with Gasteiger partial charge in [0.05, 0.1) is 10.0 Å². The van der Waals surface area contributed by atoms with Crippen LogP contribution < -0.4 is 11.1 Å². The van der Waals surface area contributed by atoms with E-state index in [0.29, 0.717) is 22.2 Å². The molecule has 0 spiro atoms. The highest BCUT2D eigenvalue weighted by atomic mass is 35.5. The molecule has 0 aliphatic carbocycles. The van der Waals surface area contributed by atoms with E-state index in [-0.39, 0.29) is 11.9 Å². The molecule has 1 aliphatic heterocycles. The standard InChI is InChI=1S/C13H17ClN4OS/c14-9-1-2-11(16-7-9)13(19)17-10-3-5-18(6-4-10)8-12(15)20/h1-2,7,10H,3-6,8H2,(H2,15,20)(H,17,19). The molecule has 0 bridgehead atoms. The quantitative estimate of drug-likeness (QED) is 0.818. The summed E-state index contributed by atoms with van der Waals surface area (Å²) in [5.74, 6) is -0.158. The number of carbonyl (C=O) groups excluding carboxylic acids is 1. The van der Waals surface area contributed by atoms with Crippen LogP contribution in [0.25, 0.3) is 0 Å². The zero-order valence-corrected chi connectivity index (χ0v) is 12.6. The molecule has 2 rings (SSSR count). The summed E-state index contributed by atoms with van der Waals surface area (Å²) in [6.45, 7) is 2.42. The highest BCUT2D eigenvalue weighted by Gasteiger charge is 2.21. The van der Waals surface area contributed by atoms with Crippen LogP contribution in [0, 0.1) is 0 Å². The average Bonchev–Trinajstić information content (AvgIpc) is 2.41. The number of thiocarbonyl (C=S) groups is 1. The number of carbonyl (C=O) groups is 1. The lowest BCUT2D eigenvalue weighted by atomic mass is 10.0. The van der Waals surface area contributed by atoms with Crippen molar-refractivity contribution in [1.82, 2.24) is 15.2 Å². The number of nitrogens with two attached hydrogens (primary N) is 1. The van der Waals surface area contributed by atoms with Crippen LogP contribution in [0.4, 0.5) is 0 Å². The lowest BCUT2D eigenvalue weighted by molar-refractivity contribution is 0.0910. The van der Waals surface area contributed by atoms with Crippen LogP contribution in [0.15, 0.2) is 18.3 Å². The van der Waals surface area contributed by atoms with E-state index in [9.17, 15) is 4.79 Å². The van der Waals surface area contributed by atoms with Crippen molar-refractivity contribution in [2.24, 2.45) is 5.73 Å². The largest absolute Gasteiger partial charge is 0.392 e. The summed E-state index contributed by atoms with van der Waals surface area (Å²) in [6, 6.07) is 3.45. The number of nitrogens with zero attached hydrogens (tertiary/aromatic N) is 2.